The molecule has 0 radical (unpaired) electrons. The molecular formula is C20H17FN2O3S. The number of halogens is 1. The van der Waals surface area contributed by atoms with Gasteiger partial charge < -0.3 is 10.1 Å². The van der Waals surface area contributed by atoms with Gasteiger partial charge in [-0.1, -0.05) is 29.8 Å². The first-order chi connectivity index (χ1) is 13.0. The summed E-state index contributed by atoms with van der Waals surface area (Å²) in [6.07, 6.45) is -0.00775. The highest BCUT2D eigenvalue weighted by Crippen LogP contribution is 2.24. The van der Waals surface area contributed by atoms with Crippen LogP contribution in [0.4, 0.5) is 10.1 Å². The van der Waals surface area contributed by atoms with Crippen molar-refractivity contribution in [2.45, 2.75) is 13.3 Å². The summed E-state index contributed by atoms with van der Waals surface area (Å²) in [5.41, 5.74) is 3.18. The van der Waals surface area contributed by atoms with Gasteiger partial charge in [-0.05, 0) is 31.2 Å². The van der Waals surface area contributed by atoms with Crippen LogP contribution in [0.2, 0.25) is 0 Å². The fraction of sp³-hybridized carbons (Fsp3) is 0.150. The average Bonchev–Trinajstić information content (AvgIpc) is 3.11. The molecule has 1 amide bonds. The van der Waals surface area contributed by atoms with Crippen LogP contribution in [0.25, 0.3) is 10.6 Å². The van der Waals surface area contributed by atoms with Gasteiger partial charge in [0.15, 0.2) is 6.61 Å². The van der Waals surface area contributed by atoms with Crippen LogP contribution in [0.5, 0.6) is 0 Å². The smallest absolute Gasteiger partial charge is 0.312 e. The van der Waals surface area contributed by atoms with E-state index in [4.69, 9.17) is 4.74 Å². The fourth-order valence-electron chi connectivity index (χ4n) is 2.29. The largest absolute Gasteiger partial charge is 0.455 e. The number of thiazole rings is 1. The number of hydrogen-bond acceptors (Lipinski definition) is 5. The Bertz CT molecular complexity index is 937. The molecule has 0 saturated carbocycles. The Morgan fingerprint density at radius 3 is 2.52 bits per heavy atom. The van der Waals surface area contributed by atoms with Crippen molar-refractivity contribution in [3.63, 3.8) is 0 Å². The summed E-state index contributed by atoms with van der Waals surface area (Å²) in [7, 11) is 0. The molecule has 0 unspecified atom stereocenters. The lowest BCUT2D eigenvalue weighted by atomic mass is 10.2. The Morgan fingerprint density at radius 2 is 1.81 bits per heavy atom. The summed E-state index contributed by atoms with van der Waals surface area (Å²) in [5.74, 6) is -1.42. The van der Waals surface area contributed by atoms with Gasteiger partial charge in [-0.15, -0.1) is 11.3 Å². The number of ether oxygens (including phenoxy) is 1. The molecule has 138 valence electrons. The number of amides is 1. The highest BCUT2D eigenvalue weighted by atomic mass is 32.1. The Morgan fingerprint density at radius 1 is 1.11 bits per heavy atom. The van der Waals surface area contributed by atoms with Crippen LogP contribution >= 0.6 is 11.3 Å². The van der Waals surface area contributed by atoms with E-state index in [0.29, 0.717) is 11.4 Å². The third kappa shape index (κ3) is 5.46. The number of esters is 1. The highest BCUT2D eigenvalue weighted by Gasteiger charge is 2.12. The number of aromatic nitrogens is 1. The molecule has 7 heteroatoms. The lowest BCUT2D eigenvalue weighted by Gasteiger charge is -2.06. The van der Waals surface area contributed by atoms with Crippen molar-refractivity contribution in [3.8, 4) is 10.6 Å². The number of nitrogens with zero attached hydrogens (tertiary/aromatic N) is 1. The first kappa shape index (κ1) is 18.7. The van der Waals surface area contributed by atoms with Crippen LogP contribution in [0.3, 0.4) is 0 Å². The van der Waals surface area contributed by atoms with Crippen molar-refractivity contribution in [2.24, 2.45) is 0 Å². The van der Waals surface area contributed by atoms with E-state index in [1.807, 2.05) is 31.2 Å². The van der Waals surface area contributed by atoms with Gasteiger partial charge in [-0.25, -0.2) is 9.37 Å². The molecule has 1 aromatic heterocycles. The Hall–Kier alpha value is -3.06. The van der Waals surface area contributed by atoms with Crippen LogP contribution in [0.15, 0.2) is 53.9 Å². The van der Waals surface area contributed by atoms with Gasteiger partial charge in [0.05, 0.1) is 12.1 Å². The highest BCUT2D eigenvalue weighted by molar-refractivity contribution is 7.13. The summed E-state index contributed by atoms with van der Waals surface area (Å²) < 4.78 is 17.8. The molecule has 0 saturated heterocycles. The third-order valence-corrected chi connectivity index (χ3v) is 4.61. The monoisotopic (exact) mass is 384 g/mol. The second-order valence-corrected chi connectivity index (χ2v) is 6.76. The van der Waals surface area contributed by atoms with Crippen LogP contribution < -0.4 is 5.32 Å². The lowest BCUT2D eigenvalue weighted by Crippen LogP contribution is -2.21. The molecular weight excluding hydrogens is 367 g/mol. The van der Waals surface area contributed by atoms with E-state index in [2.05, 4.69) is 10.3 Å². The van der Waals surface area contributed by atoms with E-state index >= 15 is 0 Å². The number of nitrogens with one attached hydrogen (secondary N) is 1. The van der Waals surface area contributed by atoms with E-state index in [1.165, 1.54) is 35.6 Å². The molecule has 0 spiro atoms. The van der Waals surface area contributed by atoms with Crippen LogP contribution in [-0.4, -0.2) is 23.5 Å². The molecule has 1 N–H and O–H groups in total. The van der Waals surface area contributed by atoms with Gasteiger partial charge in [0.2, 0.25) is 0 Å². The molecule has 0 fully saturated rings. The van der Waals surface area contributed by atoms with E-state index < -0.39 is 24.3 Å². The standard InChI is InChI=1S/C20H17FN2O3S/c1-13-2-4-14(5-3-13)20-23-17(12-27-20)10-19(25)26-11-18(24)22-16-8-6-15(21)7-9-16/h2-9,12H,10-11H2,1H3,(H,22,24). The molecule has 5 nitrogen and oxygen atoms in total. The van der Waals surface area contributed by atoms with Crippen molar-refractivity contribution < 1.29 is 18.7 Å². The molecule has 0 atom stereocenters. The quantitative estimate of drug-likeness (QED) is 0.653. The second-order valence-electron chi connectivity index (χ2n) is 5.90. The Labute approximate surface area is 159 Å². The summed E-state index contributed by atoms with van der Waals surface area (Å²) in [6, 6.07) is 13.3. The zero-order valence-corrected chi connectivity index (χ0v) is 15.4. The summed E-state index contributed by atoms with van der Waals surface area (Å²) in [6.45, 7) is 1.60. The summed E-state index contributed by atoms with van der Waals surface area (Å²) in [5, 5.41) is 5.15. The van der Waals surface area contributed by atoms with Crippen molar-refractivity contribution in [3.05, 3.63) is 71.0 Å². The molecule has 3 rings (SSSR count). The van der Waals surface area contributed by atoms with Crippen LogP contribution in [0, 0.1) is 12.7 Å². The van der Waals surface area contributed by atoms with Gasteiger partial charge >= 0.3 is 5.97 Å². The molecule has 0 aliphatic heterocycles. The first-order valence-electron chi connectivity index (χ1n) is 8.22. The predicted molar refractivity (Wildman–Crippen MR) is 102 cm³/mol. The number of benzene rings is 2. The maximum Gasteiger partial charge on any atom is 0.312 e. The Balaban J connectivity index is 1.48. The van der Waals surface area contributed by atoms with Crippen molar-refractivity contribution in [2.75, 3.05) is 11.9 Å². The second kappa shape index (κ2) is 8.55. The Kier molecular flexibility index (Phi) is 5.93. The minimum Gasteiger partial charge on any atom is -0.455 e. The maximum atomic E-state index is 12.8. The molecule has 3 aromatic rings. The van der Waals surface area contributed by atoms with Gasteiger partial charge in [-0.3, -0.25) is 9.59 Å². The molecule has 2 aromatic carbocycles. The molecule has 1 heterocycles. The number of aryl methyl sites for hydroxylation is 1. The normalized spacial score (nSPS) is 10.4. The minimum atomic E-state index is -0.537. The molecule has 27 heavy (non-hydrogen) atoms. The van der Waals surface area contributed by atoms with Gasteiger partial charge in [0.1, 0.15) is 10.8 Å². The topological polar surface area (TPSA) is 68.3 Å². The zero-order chi connectivity index (χ0) is 19.2. The van der Waals surface area contributed by atoms with Crippen molar-refractivity contribution in [1.29, 1.82) is 0 Å². The van der Waals surface area contributed by atoms with Gasteiger partial charge in [-0.2, -0.15) is 0 Å². The number of anilines is 1. The summed E-state index contributed by atoms with van der Waals surface area (Å²) in [4.78, 5) is 28.1. The van der Waals surface area contributed by atoms with Crippen LogP contribution in [0.1, 0.15) is 11.3 Å². The number of hydrogen-bond donors (Lipinski definition) is 1. The van der Waals surface area contributed by atoms with E-state index in [9.17, 15) is 14.0 Å². The van der Waals surface area contributed by atoms with Crippen molar-refractivity contribution in [1.82, 2.24) is 4.98 Å². The van der Waals surface area contributed by atoms with E-state index in [-0.39, 0.29) is 6.42 Å². The maximum absolute atomic E-state index is 12.8. The minimum absolute atomic E-state index is 0.00775. The average molecular weight is 384 g/mol. The van der Waals surface area contributed by atoms with Gasteiger partial charge in [0.25, 0.3) is 5.91 Å². The van der Waals surface area contributed by atoms with E-state index in [0.717, 1.165) is 16.1 Å². The number of carbonyl (C=O) groups excluding carboxylic acids is 2. The van der Waals surface area contributed by atoms with E-state index in [1.54, 1.807) is 5.38 Å². The number of carbonyl (C=O) groups is 2. The molecule has 0 aliphatic carbocycles. The zero-order valence-electron chi connectivity index (χ0n) is 14.6. The lowest BCUT2D eigenvalue weighted by molar-refractivity contribution is -0.146. The SMILES string of the molecule is Cc1ccc(-c2nc(CC(=O)OCC(=O)Nc3ccc(F)cc3)cs2)cc1. The predicted octanol–water partition coefficient (Wildman–Crippen LogP) is 3.98. The van der Waals surface area contributed by atoms with Crippen LogP contribution in [-0.2, 0) is 20.7 Å². The fourth-order valence-corrected chi connectivity index (χ4v) is 3.12. The third-order valence-electron chi connectivity index (χ3n) is 3.67. The summed E-state index contributed by atoms with van der Waals surface area (Å²) >= 11 is 1.45. The number of rotatable bonds is 6. The van der Waals surface area contributed by atoms with Gasteiger partial charge in [0, 0.05) is 16.6 Å². The molecule has 0 bridgehead atoms. The molecule has 0 aliphatic rings. The first-order valence-corrected chi connectivity index (χ1v) is 9.10. The van der Waals surface area contributed by atoms with Crippen molar-refractivity contribution >= 4 is 28.9 Å².